The molecule has 0 bridgehead atoms. The summed E-state index contributed by atoms with van der Waals surface area (Å²) in [7, 11) is 1.80. The fourth-order valence-electron chi connectivity index (χ4n) is 2.05. The molecule has 0 spiro atoms. The summed E-state index contributed by atoms with van der Waals surface area (Å²) in [5, 5.41) is 7.89. The molecule has 2 amide bonds. The van der Waals surface area contributed by atoms with Crippen LogP contribution in [-0.2, 0) is 16.6 Å². The summed E-state index contributed by atoms with van der Waals surface area (Å²) in [6, 6.07) is 8.97. The number of benzene rings is 1. The zero-order chi connectivity index (χ0) is 14.1. The summed E-state index contributed by atoms with van der Waals surface area (Å²) in [5.41, 5.74) is 0.614. The van der Waals surface area contributed by atoms with Crippen LogP contribution in [0.2, 0.25) is 0 Å². The molecule has 0 saturated carbocycles. The van der Waals surface area contributed by atoms with E-state index in [1.54, 1.807) is 42.2 Å². The van der Waals surface area contributed by atoms with E-state index < -0.39 is 5.25 Å². The average Bonchev–Trinajstić information content (AvgIpc) is 2.96. The van der Waals surface area contributed by atoms with Crippen molar-refractivity contribution in [3.8, 4) is 0 Å². The summed E-state index contributed by atoms with van der Waals surface area (Å²) in [6.07, 6.45) is 1.75. The van der Waals surface area contributed by atoms with Crippen molar-refractivity contribution < 1.29 is 9.59 Å². The Bertz CT molecular complexity index is 655. The molecule has 1 aliphatic rings. The van der Waals surface area contributed by atoms with Gasteiger partial charge in [-0.2, -0.15) is 0 Å². The lowest BCUT2D eigenvalue weighted by atomic mass is 10.3. The van der Waals surface area contributed by atoms with Gasteiger partial charge in [0, 0.05) is 13.5 Å². The van der Waals surface area contributed by atoms with Gasteiger partial charge in [0.25, 0.3) is 0 Å². The number of anilines is 1. The Morgan fingerprint density at radius 3 is 2.65 bits per heavy atom. The maximum atomic E-state index is 12.4. The third-order valence-electron chi connectivity index (χ3n) is 3.04. The maximum Gasteiger partial charge on any atom is 0.247 e. The Hall–Kier alpha value is -2.15. The van der Waals surface area contributed by atoms with E-state index in [2.05, 4.69) is 10.2 Å². The highest BCUT2D eigenvalue weighted by Gasteiger charge is 2.40. The lowest BCUT2D eigenvalue weighted by Gasteiger charge is -2.14. The molecule has 2 heterocycles. The predicted octanol–water partition coefficient (Wildman–Crippen LogP) is 1.24. The van der Waals surface area contributed by atoms with Gasteiger partial charge >= 0.3 is 0 Å². The molecule has 20 heavy (non-hydrogen) atoms. The number of nitrogens with zero attached hydrogens (tertiary/aromatic N) is 4. The highest BCUT2D eigenvalue weighted by atomic mass is 32.2. The standard InChI is InChI=1S/C13H12N4O2S/c1-16-8-14-15-13(16)20-10-7-11(18)17(12(10)19)9-5-3-2-4-6-9/h2-6,8,10H,7H2,1H3. The molecule has 6 nitrogen and oxygen atoms in total. The molecule has 0 N–H and O–H groups in total. The third kappa shape index (κ3) is 2.20. The number of aromatic nitrogens is 3. The largest absolute Gasteiger partial charge is 0.312 e. The number of carbonyl (C=O) groups is 2. The minimum atomic E-state index is -0.439. The molecule has 0 aliphatic carbocycles. The number of aryl methyl sites for hydroxylation is 1. The topological polar surface area (TPSA) is 68.1 Å². The van der Waals surface area contributed by atoms with Crippen LogP contribution in [0.5, 0.6) is 0 Å². The molecule has 1 aromatic heterocycles. The lowest BCUT2D eigenvalue weighted by molar-refractivity contribution is -0.121. The van der Waals surface area contributed by atoms with Gasteiger partial charge in [-0.3, -0.25) is 9.59 Å². The highest BCUT2D eigenvalue weighted by molar-refractivity contribution is 8.00. The van der Waals surface area contributed by atoms with Gasteiger partial charge in [-0.15, -0.1) is 10.2 Å². The first-order chi connectivity index (χ1) is 9.66. The summed E-state index contributed by atoms with van der Waals surface area (Å²) in [5.74, 6) is -0.380. The van der Waals surface area contributed by atoms with Gasteiger partial charge in [-0.25, -0.2) is 4.90 Å². The molecule has 2 aromatic rings. The van der Waals surface area contributed by atoms with Crippen LogP contribution in [0, 0.1) is 0 Å². The summed E-state index contributed by atoms with van der Waals surface area (Å²) in [4.78, 5) is 25.7. The van der Waals surface area contributed by atoms with Gasteiger partial charge < -0.3 is 4.57 Å². The van der Waals surface area contributed by atoms with Crippen LogP contribution in [0.25, 0.3) is 0 Å². The first-order valence-electron chi connectivity index (χ1n) is 6.09. The van der Waals surface area contributed by atoms with Crippen molar-refractivity contribution in [2.24, 2.45) is 7.05 Å². The van der Waals surface area contributed by atoms with Gasteiger partial charge in [0.05, 0.1) is 5.69 Å². The van der Waals surface area contributed by atoms with Crippen LogP contribution in [0.1, 0.15) is 6.42 Å². The van der Waals surface area contributed by atoms with E-state index in [9.17, 15) is 9.59 Å². The van der Waals surface area contributed by atoms with E-state index in [-0.39, 0.29) is 18.2 Å². The average molecular weight is 288 g/mol. The number of carbonyl (C=O) groups excluding carboxylic acids is 2. The van der Waals surface area contributed by atoms with E-state index in [0.29, 0.717) is 10.8 Å². The fourth-order valence-corrected chi connectivity index (χ4v) is 3.05. The second-order valence-corrected chi connectivity index (χ2v) is 5.61. The van der Waals surface area contributed by atoms with Gasteiger partial charge in [0.15, 0.2) is 5.16 Å². The number of hydrogen-bond acceptors (Lipinski definition) is 5. The van der Waals surface area contributed by atoms with Gasteiger partial charge in [0.2, 0.25) is 11.8 Å². The van der Waals surface area contributed by atoms with Crippen molar-refractivity contribution in [2.45, 2.75) is 16.8 Å². The molecule has 1 saturated heterocycles. The van der Waals surface area contributed by atoms with Gasteiger partial charge in [-0.1, -0.05) is 30.0 Å². The van der Waals surface area contributed by atoms with Crippen molar-refractivity contribution in [3.05, 3.63) is 36.7 Å². The van der Waals surface area contributed by atoms with E-state index >= 15 is 0 Å². The van der Waals surface area contributed by atoms with E-state index in [4.69, 9.17) is 0 Å². The van der Waals surface area contributed by atoms with Crippen molar-refractivity contribution >= 4 is 29.3 Å². The molecule has 1 atom stereocenters. The van der Waals surface area contributed by atoms with Crippen molar-refractivity contribution in [2.75, 3.05) is 4.90 Å². The maximum absolute atomic E-state index is 12.4. The second-order valence-electron chi connectivity index (χ2n) is 4.44. The van der Waals surface area contributed by atoms with Crippen molar-refractivity contribution in [1.82, 2.24) is 14.8 Å². The van der Waals surface area contributed by atoms with Crippen LogP contribution < -0.4 is 4.90 Å². The Labute approximate surface area is 119 Å². The molecular weight excluding hydrogens is 276 g/mol. The predicted molar refractivity (Wildman–Crippen MR) is 74.2 cm³/mol. The molecule has 1 fully saturated rings. The SMILES string of the molecule is Cn1cnnc1SC1CC(=O)N(c2ccccc2)C1=O. The number of hydrogen-bond donors (Lipinski definition) is 0. The lowest BCUT2D eigenvalue weighted by Crippen LogP contribution is -2.31. The smallest absolute Gasteiger partial charge is 0.247 e. The summed E-state index contributed by atoms with van der Waals surface area (Å²) < 4.78 is 1.73. The van der Waals surface area contributed by atoms with E-state index in [0.717, 1.165) is 0 Å². The molecular formula is C13H12N4O2S. The van der Waals surface area contributed by atoms with E-state index in [1.807, 2.05) is 6.07 Å². The fraction of sp³-hybridized carbons (Fsp3) is 0.231. The Kier molecular flexibility index (Phi) is 3.27. The molecule has 1 unspecified atom stereocenters. The second kappa shape index (κ2) is 5.09. The molecule has 7 heteroatoms. The molecule has 1 aliphatic heterocycles. The zero-order valence-corrected chi connectivity index (χ0v) is 11.6. The van der Waals surface area contributed by atoms with Crippen LogP contribution in [0.4, 0.5) is 5.69 Å². The van der Waals surface area contributed by atoms with Crippen LogP contribution in [0.15, 0.2) is 41.8 Å². The number of imide groups is 1. The minimum absolute atomic E-state index is 0.180. The highest BCUT2D eigenvalue weighted by Crippen LogP contribution is 2.32. The van der Waals surface area contributed by atoms with Crippen LogP contribution in [0.3, 0.4) is 0 Å². The van der Waals surface area contributed by atoms with Crippen LogP contribution >= 0.6 is 11.8 Å². The first kappa shape index (κ1) is 12.9. The molecule has 1 aromatic carbocycles. The Morgan fingerprint density at radius 1 is 1.25 bits per heavy atom. The van der Waals surface area contributed by atoms with E-state index in [1.165, 1.54) is 16.7 Å². The number of thioether (sulfide) groups is 1. The molecule has 102 valence electrons. The summed E-state index contributed by atoms with van der Waals surface area (Å²) >= 11 is 1.27. The third-order valence-corrected chi connectivity index (χ3v) is 4.27. The normalized spacial score (nSPS) is 18.9. The number of amides is 2. The van der Waals surface area contributed by atoms with Gasteiger partial charge in [0.1, 0.15) is 11.6 Å². The number of rotatable bonds is 3. The first-order valence-corrected chi connectivity index (χ1v) is 6.97. The Balaban J connectivity index is 1.82. The van der Waals surface area contributed by atoms with Gasteiger partial charge in [-0.05, 0) is 12.1 Å². The Morgan fingerprint density at radius 2 is 2.00 bits per heavy atom. The number of para-hydroxylation sites is 1. The quantitative estimate of drug-likeness (QED) is 0.795. The summed E-state index contributed by atoms with van der Waals surface area (Å²) in [6.45, 7) is 0. The van der Waals surface area contributed by atoms with Crippen molar-refractivity contribution in [1.29, 1.82) is 0 Å². The minimum Gasteiger partial charge on any atom is -0.312 e. The molecule has 0 radical (unpaired) electrons. The zero-order valence-electron chi connectivity index (χ0n) is 10.8. The van der Waals surface area contributed by atoms with Crippen molar-refractivity contribution in [3.63, 3.8) is 0 Å². The van der Waals surface area contributed by atoms with Crippen LogP contribution in [-0.4, -0.2) is 31.8 Å². The molecule has 3 rings (SSSR count). The monoisotopic (exact) mass is 288 g/mol.